The second kappa shape index (κ2) is 8.98. The molecule has 0 saturated heterocycles. The highest BCUT2D eigenvalue weighted by atomic mass is 79.9. The van der Waals surface area contributed by atoms with E-state index in [1.807, 2.05) is 0 Å². The molecule has 13 heteroatoms. The highest BCUT2D eigenvalue weighted by Crippen LogP contribution is 2.43. The van der Waals surface area contributed by atoms with Crippen LogP contribution in [0.25, 0.3) is 0 Å². The summed E-state index contributed by atoms with van der Waals surface area (Å²) < 4.78 is 50.5. The zero-order valence-electron chi connectivity index (χ0n) is 15.2. The van der Waals surface area contributed by atoms with Crippen LogP contribution in [0.1, 0.15) is 0 Å². The average Bonchev–Trinajstić information content (AvgIpc) is 2.87. The summed E-state index contributed by atoms with van der Waals surface area (Å²) >= 11 is 2.97. The van der Waals surface area contributed by atoms with Gasteiger partial charge in [-0.3, -0.25) is 10.1 Å². The Morgan fingerprint density at radius 1 is 1.13 bits per heavy atom. The van der Waals surface area contributed by atoms with Crippen molar-refractivity contribution in [2.75, 3.05) is 19.1 Å². The van der Waals surface area contributed by atoms with Gasteiger partial charge in [0.2, 0.25) is 0 Å². The van der Waals surface area contributed by atoms with Crippen LogP contribution >= 0.6 is 15.9 Å². The van der Waals surface area contributed by atoms with E-state index in [4.69, 9.17) is 0 Å². The van der Waals surface area contributed by atoms with Crippen molar-refractivity contribution in [2.45, 2.75) is 6.36 Å². The third-order valence-corrected chi connectivity index (χ3v) is 4.18. The Morgan fingerprint density at radius 2 is 1.77 bits per heavy atom. The maximum atomic E-state index is 12.6. The van der Waals surface area contributed by atoms with Crippen molar-refractivity contribution in [1.82, 2.24) is 0 Å². The minimum atomic E-state index is -5.09. The molecule has 2 rings (SSSR count). The number of carbonyl (C=O) groups excluding carboxylic acids is 2. The van der Waals surface area contributed by atoms with Gasteiger partial charge < -0.3 is 19.1 Å². The van der Waals surface area contributed by atoms with Gasteiger partial charge in [-0.05, 0) is 34.1 Å². The maximum absolute atomic E-state index is 12.6. The van der Waals surface area contributed by atoms with Crippen molar-refractivity contribution in [3.05, 3.63) is 62.4 Å². The van der Waals surface area contributed by atoms with E-state index in [-0.39, 0.29) is 15.7 Å². The lowest BCUT2D eigenvalue weighted by molar-refractivity contribution is -0.384. The summed E-state index contributed by atoms with van der Waals surface area (Å²) in [5.41, 5.74) is -1.95. The van der Waals surface area contributed by atoms with E-state index in [1.54, 1.807) is 0 Å². The van der Waals surface area contributed by atoms with E-state index in [9.17, 15) is 32.9 Å². The molecular weight excluding hydrogens is 481 g/mol. The molecular formula is C17H12BrF3N2O7. The molecule has 0 atom stereocenters. The standard InChI is InChI=1S/C17H12BrF3N2O7/c1-28-15(24)10-5-3-4-6-22(13(10)16(25)29-2)14-11(18)7-9(30-17(19,20)21)8-12(14)23(26)27/h3-8H,1-2H3. The van der Waals surface area contributed by atoms with Gasteiger partial charge in [0.05, 0.1) is 35.3 Å². The van der Waals surface area contributed by atoms with Crippen LogP contribution in [0.2, 0.25) is 0 Å². The number of hydrogen-bond donors (Lipinski definition) is 0. The Morgan fingerprint density at radius 3 is 2.30 bits per heavy atom. The molecule has 9 nitrogen and oxygen atoms in total. The molecule has 0 fully saturated rings. The predicted octanol–water partition coefficient (Wildman–Crippen LogP) is 3.75. The van der Waals surface area contributed by atoms with Crippen molar-refractivity contribution in [3.63, 3.8) is 0 Å². The normalized spacial score (nSPS) is 13.7. The summed E-state index contributed by atoms with van der Waals surface area (Å²) in [5, 5.41) is 11.6. The molecule has 0 radical (unpaired) electrons. The number of hydrogen-bond acceptors (Lipinski definition) is 8. The fraction of sp³-hybridized carbons (Fsp3) is 0.176. The number of nitro groups is 1. The highest BCUT2D eigenvalue weighted by molar-refractivity contribution is 9.10. The number of nitro benzene ring substituents is 1. The van der Waals surface area contributed by atoms with Crippen molar-refractivity contribution in [1.29, 1.82) is 0 Å². The van der Waals surface area contributed by atoms with E-state index >= 15 is 0 Å². The number of carbonyl (C=O) groups is 2. The number of alkyl halides is 3. The van der Waals surface area contributed by atoms with Gasteiger partial charge in [-0.15, -0.1) is 13.2 Å². The monoisotopic (exact) mass is 492 g/mol. The van der Waals surface area contributed by atoms with Gasteiger partial charge in [0.1, 0.15) is 17.1 Å². The second-order valence-electron chi connectivity index (χ2n) is 5.39. The lowest BCUT2D eigenvalue weighted by Gasteiger charge is -2.24. The maximum Gasteiger partial charge on any atom is 0.573 e. The zero-order valence-corrected chi connectivity index (χ0v) is 16.8. The fourth-order valence-electron chi connectivity index (χ4n) is 2.47. The first kappa shape index (κ1) is 22.9. The van der Waals surface area contributed by atoms with Crippen LogP contribution in [0, 0.1) is 10.1 Å². The van der Waals surface area contributed by atoms with Crippen LogP contribution in [0.5, 0.6) is 5.75 Å². The van der Waals surface area contributed by atoms with E-state index in [0.29, 0.717) is 6.07 Å². The van der Waals surface area contributed by atoms with Gasteiger partial charge in [0.25, 0.3) is 5.69 Å². The van der Waals surface area contributed by atoms with E-state index in [2.05, 4.69) is 30.1 Å². The van der Waals surface area contributed by atoms with Gasteiger partial charge in [-0.25, -0.2) is 9.59 Å². The quantitative estimate of drug-likeness (QED) is 0.347. The fourth-order valence-corrected chi connectivity index (χ4v) is 3.09. The SMILES string of the molecule is COC(=O)C1=C(C(=O)OC)N(c2c(Br)cc(OC(F)(F)F)cc2[N+](=O)[O-])C=CC=C1. The van der Waals surface area contributed by atoms with Crippen LogP contribution in [-0.4, -0.2) is 37.4 Å². The number of methoxy groups -OCH3 is 2. The minimum Gasteiger partial charge on any atom is -0.465 e. The molecule has 0 aromatic heterocycles. The first-order valence-electron chi connectivity index (χ1n) is 7.78. The molecule has 1 aliphatic rings. The van der Waals surface area contributed by atoms with Gasteiger partial charge in [-0.1, -0.05) is 6.08 Å². The van der Waals surface area contributed by atoms with Crippen LogP contribution in [0.3, 0.4) is 0 Å². The highest BCUT2D eigenvalue weighted by Gasteiger charge is 2.36. The first-order valence-corrected chi connectivity index (χ1v) is 8.58. The molecule has 0 saturated carbocycles. The summed E-state index contributed by atoms with van der Waals surface area (Å²) in [6, 6.07) is 1.36. The Hall–Kier alpha value is -3.35. The number of anilines is 1. The largest absolute Gasteiger partial charge is 0.573 e. The number of rotatable bonds is 5. The number of halogens is 4. The molecule has 0 unspecified atom stereocenters. The third-order valence-electron chi connectivity index (χ3n) is 3.58. The summed E-state index contributed by atoms with van der Waals surface area (Å²) in [7, 11) is 2.08. The van der Waals surface area contributed by atoms with Crippen molar-refractivity contribution in [2.24, 2.45) is 0 Å². The molecule has 0 amide bonds. The zero-order chi connectivity index (χ0) is 22.6. The van der Waals surface area contributed by atoms with Gasteiger partial charge in [0, 0.05) is 6.20 Å². The van der Waals surface area contributed by atoms with Gasteiger partial charge in [0.15, 0.2) is 0 Å². The molecule has 30 heavy (non-hydrogen) atoms. The van der Waals surface area contributed by atoms with Crippen molar-refractivity contribution < 1.29 is 41.9 Å². The summed E-state index contributed by atoms with van der Waals surface area (Å²) in [5.74, 6) is -2.86. The first-order chi connectivity index (χ1) is 14.0. The van der Waals surface area contributed by atoms with E-state index in [1.165, 1.54) is 24.4 Å². The molecule has 0 aliphatic carbocycles. The topological polar surface area (TPSA) is 108 Å². The molecule has 1 aromatic rings. The number of benzene rings is 1. The van der Waals surface area contributed by atoms with E-state index in [0.717, 1.165) is 25.2 Å². The van der Waals surface area contributed by atoms with Crippen LogP contribution < -0.4 is 9.64 Å². The lowest BCUT2D eigenvalue weighted by Crippen LogP contribution is -2.28. The molecule has 1 aromatic carbocycles. The van der Waals surface area contributed by atoms with Gasteiger partial charge in [-0.2, -0.15) is 0 Å². The number of esters is 2. The number of ether oxygens (including phenoxy) is 3. The Labute approximate surface area is 175 Å². The van der Waals surface area contributed by atoms with Crippen LogP contribution in [-0.2, 0) is 19.1 Å². The number of allylic oxidation sites excluding steroid dienone is 2. The second-order valence-corrected chi connectivity index (χ2v) is 6.25. The minimum absolute atomic E-state index is 0.229. The summed E-state index contributed by atoms with van der Waals surface area (Å²) in [6.07, 6.45) is 0.0210. The summed E-state index contributed by atoms with van der Waals surface area (Å²) in [6.45, 7) is 0. The molecule has 0 N–H and O–H groups in total. The smallest absolute Gasteiger partial charge is 0.465 e. The molecule has 160 valence electrons. The Kier molecular flexibility index (Phi) is 6.87. The van der Waals surface area contributed by atoms with Gasteiger partial charge >= 0.3 is 18.3 Å². The van der Waals surface area contributed by atoms with Crippen LogP contribution in [0.4, 0.5) is 24.5 Å². The molecule has 1 heterocycles. The predicted molar refractivity (Wildman–Crippen MR) is 99.3 cm³/mol. The molecule has 0 bridgehead atoms. The van der Waals surface area contributed by atoms with E-state index < -0.39 is 40.4 Å². The average molecular weight is 493 g/mol. The summed E-state index contributed by atoms with van der Waals surface area (Å²) in [4.78, 5) is 36.1. The van der Waals surface area contributed by atoms with Crippen LogP contribution in [0.15, 0.2) is 52.3 Å². The van der Waals surface area contributed by atoms with Crippen molar-refractivity contribution in [3.8, 4) is 5.75 Å². The third kappa shape index (κ3) is 4.97. The Bertz CT molecular complexity index is 986. The molecule has 1 aliphatic heterocycles. The van der Waals surface area contributed by atoms with Crippen molar-refractivity contribution >= 4 is 39.2 Å². The lowest BCUT2D eigenvalue weighted by atomic mass is 10.1. The Balaban J connectivity index is 2.80. The molecule has 0 spiro atoms. The number of nitrogens with zero attached hydrogens (tertiary/aromatic N) is 2.